The Morgan fingerprint density at radius 1 is 0.682 bits per heavy atom. The first-order chi connectivity index (χ1) is 21.6. The summed E-state index contributed by atoms with van der Waals surface area (Å²) in [5.74, 6) is 0.371. The maximum atomic E-state index is 13.6. The molecule has 1 saturated heterocycles. The van der Waals surface area contributed by atoms with Gasteiger partial charge >= 0.3 is 5.97 Å². The van der Waals surface area contributed by atoms with Crippen molar-refractivity contribution >= 4 is 17.7 Å². The van der Waals surface area contributed by atoms with Crippen LogP contribution in [-0.4, -0.2) is 48.2 Å². The highest BCUT2D eigenvalue weighted by molar-refractivity contribution is 7.99. The summed E-state index contributed by atoms with van der Waals surface area (Å²) in [4.78, 5) is 13.6. The van der Waals surface area contributed by atoms with Crippen molar-refractivity contribution in [2.75, 3.05) is 12.4 Å². The predicted molar refractivity (Wildman–Crippen MR) is 173 cm³/mol. The molecule has 0 saturated carbocycles. The van der Waals surface area contributed by atoms with Gasteiger partial charge in [-0.25, -0.2) is 4.79 Å². The molecule has 230 valence electrons. The minimum absolute atomic E-state index is 0.220. The van der Waals surface area contributed by atoms with Gasteiger partial charge in [0.15, 0.2) is 6.10 Å². The largest absolute Gasteiger partial charge is 0.453 e. The van der Waals surface area contributed by atoms with Crippen molar-refractivity contribution in [2.24, 2.45) is 0 Å². The molecule has 0 spiro atoms. The Morgan fingerprint density at radius 2 is 1.20 bits per heavy atom. The van der Waals surface area contributed by atoms with Crippen LogP contribution in [0.1, 0.15) is 39.5 Å². The van der Waals surface area contributed by atoms with Crippen LogP contribution in [0.5, 0.6) is 0 Å². The number of esters is 1. The second-order valence-corrected chi connectivity index (χ2v) is 12.1. The van der Waals surface area contributed by atoms with Crippen LogP contribution in [0.25, 0.3) is 0 Å². The molecule has 7 heteroatoms. The zero-order chi connectivity index (χ0) is 30.6. The number of thioether (sulfide) groups is 1. The van der Waals surface area contributed by atoms with E-state index in [1.54, 1.807) is 23.9 Å². The Labute approximate surface area is 264 Å². The summed E-state index contributed by atoms with van der Waals surface area (Å²) in [7, 11) is 0. The Hall–Kier alpha value is -3.46. The van der Waals surface area contributed by atoms with Crippen LogP contribution in [0.2, 0.25) is 0 Å². The number of carbonyl (C=O) groups excluding carboxylic acids is 1. The Bertz CT molecular complexity index is 1400. The van der Waals surface area contributed by atoms with Crippen molar-refractivity contribution < 1.29 is 28.5 Å². The first kappa shape index (κ1) is 31.9. The molecule has 5 rings (SSSR count). The highest BCUT2D eigenvalue weighted by Crippen LogP contribution is 2.35. The number of hydrogen-bond acceptors (Lipinski definition) is 7. The molecule has 0 bridgehead atoms. The Balaban J connectivity index is 1.44. The van der Waals surface area contributed by atoms with E-state index in [9.17, 15) is 4.79 Å². The second-order valence-electron chi connectivity index (χ2n) is 10.8. The summed E-state index contributed by atoms with van der Waals surface area (Å²) in [6, 6.07) is 37.3. The van der Waals surface area contributed by atoms with E-state index >= 15 is 0 Å². The van der Waals surface area contributed by atoms with Gasteiger partial charge in [-0.1, -0.05) is 116 Å². The Morgan fingerprint density at radius 3 is 1.75 bits per heavy atom. The lowest BCUT2D eigenvalue weighted by Gasteiger charge is -2.45. The van der Waals surface area contributed by atoms with Gasteiger partial charge < -0.3 is 23.7 Å². The quantitative estimate of drug-likeness (QED) is 0.138. The molecule has 0 N–H and O–H groups in total. The lowest BCUT2D eigenvalue weighted by Crippen LogP contribution is -2.60. The van der Waals surface area contributed by atoms with E-state index in [2.05, 4.69) is 6.92 Å². The molecule has 44 heavy (non-hydrogen) atoms. The second kappa shape index (κ2) is 16.6. The number of ether oxygens (including phenoxy) is 5. The molecule has 1 aliphatic heterocycles. The van der Waals surface area contributed by atoms with Crippen LogP contribution in [0.15, 0.2) is 115 Å². The molecule has 0 amide bonds. The van der Waals surface area contributed by atoms with Gasteiger partial charge in [0.2, 0.25) is 0 Å². The maximum Gasteiger partial charge on any atom is 0.338 e. The summed E-state index contributed by atoms with van der Waals surface area (Å²) < 4.78 is 32.4. The van der Waals surface area contributed by atoms with Gasteiger partial charge in [0.05, 0.1) is 32.0 Å². The average molecular weight is 613 g/mol. The number of benzene rings is 4. The van der Waals surface area contributed by atoms with Crippen LogP contribution in [0.4, 0.5) is 0 Å². The van der Waals surface area contributed by atoms with Crippen LogP contribution in [-0.2, 0) is 43.5 Å². The topological polar surface area (TPSA) is 63.2 Å². The smallest absolute Gasteiger partial charge is 0.338 e. The summed E-state index contributed by atoms with van der Waals surface area (Å²) in [5.41, 5.74) is 4.28. The molecule has 4 aromatic rings. The van der Waals surface area contributed by atoms with Gasteiger partial charge in [0, 0.05) is 0 Å². The molecule has 1 aliphatic rings. The van der Waals surface area contributed by atoms with E-state index in [1.807, 2.05) is 110 Å². The fourth-order valence-electron chi connectivity index (χ4n) is 5.10. The zero-order valence-corrected chi connectivity index (χ0v) is 26.1. The van der Waals surface area contributed by atoms with E-state index in [1.165, 1.54) is 0 Å². The molecular weight excluding hydrogens is 572 g/mol. The van der Waals surface area contributed by atoms with Crippen molar-refractivity contribution in [3.05, 3.63) is 143 Å². The van der Waals surface area contributed by atoms with Gasteiger partial charge in [0.1, 0.15) is 23.7 Å². The molecule has 6 nitrogen and oxygen atoms in total. The molecule has 1 fully saturated rings. The van der Waals surface area contributed by atoms with Gasteiger partial charge in [-0.3, -0.25) is 0 Å². The van der Waals surface area contributed by atoms with Crippen molar-refractivity contribution in [3.8, 4) is 0 Å². The highest BCUT2D eigenvalue weighted by atomic mass is 32.2. The molecule has 4 aromatic carbocycles. The highest BCUT2D eigenvalue weighted by Gasteiger charge is 2.50. The molecule has 0 aliphatic carbocycles. The van der Waals surface area contributed by atoms with E-state index in [4.69, 9.17) is 23.7 Å². The SMILES string of the molecule is CCS[C@@H]1O[C@H](COCc2ccccc2)[C@H](OC(=O)c2ccc(C)cc2)[C@H](OCc2ccccc2)[C@H]1OCc1ccccc1. The van der Waals surface area contributed by atoms with E-state index in [0.29, 0.717) is 25.4 Å². The van der Waals surface area contributed by atoms with Crippen molar-refractivity contribution in [2.45, 2.75) is 63.5 Å². The normalized spacial score (nSPS) is 21.5. The lowest BCUT2D eigenvalue weighted by molar-refractivity contribution is -0.240. The summed E-state index contributed by atoms with van der Waals surface area (Å²) >= 11 is 1.65. The predicted octanol–water partition coefficient (Wildman–Crippen LogP) is 7.39. The molecule has 5 atom stereocenters. The van der Waals surface area contributed by atoms with E-state index in [-0.39, 0.29) is 12.0 Å². The Kier molecular flexibility index (Phi) is 12.0. The first-order valence-electron chi connectivity index (χ1n) is 15.1. The first-order valence-corrected chi connectivity index (χ1v) is 16.1. The molecule has 0 radical (unpaired) electrons. The third kappa shape index (κ3) is 9.03. The molecule has 0 aromatic heterocycles. The molecular formula is C37H40O6S. The average Bonchev–Trinajstić information content (AvgIpc) is 3.06. The van der Waals surface area contributed by atoms with Crippen LogP contribution in [0, 0.1) is 6.92 Å². The fourth-order valence-corrected chi connectivity index (χ4v) is 6.07. The minimum Gasteiger partial charge on any atom is -0.453 e. The van der Waals surface area contributed by atoms with Crippen LogP contribution < -0.4 is 0 Å². The molecule has 0 unspecified atom stereocenters. The van der Waals surface area contributed by atoms with Crippen molar-refractivity contribution in [3.63, 3.8) is 0 Å². The minimum atomic E-state index is -0.780. The molecule has 1 heterocycles. The zero-order valence-electron chi connectivity index (χ0n) is 25.2. The van der Waals surface area contributed by atoms with Gasteiger partial charge in [-0.2, -0.15) is 0 Å². The lowest BCUT2D eigenvalue weighted by atomic mass is 9.98. The van der Waals surface area contributed by atoms with Crippen molar-refractivity contribution in [1.82, 2.24) is 0 Å². The van der Waals surface area contributed by atoms with Gasteiger partial charge in [-0.15, -0.1) is 11.8 Å². The number of hydrogen-bond donors (Lipinski definition) is 0. The van der Waals surface area contributed by atoms with E-state index < -0.39 is 30.4 Å². The van der Waals surface area contributed by atoms with Crippen molar-refractivity contribution in [1.29, 1.82) is 0 Å². The summed E-state index contributed by atoms with van der Waals surface area (Å²) in [5, 5.41) is 0. The van der Waals surface area contributed by atoms with Crippen LogP contribution in [0.3, 0.4) is 0 Å². The summed E-state index contributed by atoms with van der Waals surface area (Å²) in [6.07, 6.45) is -2.48. The maximum absolute atomic E-state index is 13.6. The summed E-state index contributed by atoms with van der Waals surface area (Å²) in [6.45, 7) is 5.40. The number of carbonyl (C=O) groups is 1. The third-order valence-corrected chi connectivity index (χ3v) is 8.46. The standard InChI is InChI=1S/C37H40O6S/c1-3-44-37-35(41-25-30-17-11-6-12-18-30)34(40-24-29-15-9-5-10-16-29)33(43-36(38)31-21-19-27(2)20-22-31)32(42-37)26-39-23-28-13-7-4-8-14-28/h4-22,32-35,37H,3,23-26H2,1-2H3/t32-,33+,34+,35-,37+/m1/s1. The fraction of sp³-hybridized carbons (Fsp3) is 0.324. The van der Waals surface area contributed by atoms with E-state index in [0.717, 1.165) is 28.0 Å². The van der Waals surface area contributed by atoms with Crippen LogP contribution >= 0.6 is 11.8 Å². The number of rotatable bonds is 14. The van der Waals surface area contributed by atoms with Gasteiger partial charge in [0.25, 0.3) is 0 Å². The monoisotopic (exact) mass is 612 g/mol. The third-order valence-electron chi connectivity index (χ3n) is 7.42. The van der Waals surface area contributed by atoms with Gasteiger partial charge in [-0.05, 0) is 41.5 Å². The number of aryl methyl sites for hydroxylation is 1.